The van der Waals surface area contributed by atoms with E-state index in [2.05, 4.69) is 14.7 Å². The monoisotopic (exact) mass is 208 g/mol. The van der Waals surface area contributed by atoms with Crippen molar-refractivity contribution in [2.24, 2.45) is 0 Å². The van der Waals surface area contributed by atoms with E-state index >= 15 is 0 Å². The highest BCUT2D eigenvalue weighted by molar-refractivity contribution is 6.36. The molecule has 1 aromatic heterocycles. The Morgan fingerprint density at radius 1 is 1.75 bits per heavy atom. The van der Waals surface area contributed by atoms with E-state index in [-0.39, 0.29) is 12.7 Å². The van der Waals surface area contributed by atoms with Crippen molar-refractivity contribution in [3.8, 4) is 6.08 Å². The maximum absolute atomic E-state index is 5.54. The molecule has 0 radical (unpaired) electrons. The van der Waals surface area contributed by atoms with Gasteiger partial charge >= 0.3 is 6.08 Å². The van der Waals surface area contributed by atoms with E-state index in [0.717, 1.165) is 0 Å². The molecule has 1 rings (SSSR count). The van der Waals surface area contributed by atoms with Crippen molar-refractivity contribution in [1.82, 2.24) is 10.1 Å². The lowest BCUT2D eigenvalue weighted by atomic mass is 10.7. The van der Waals surface area contributed by atoms with Gasteiger partial charge in [-0.3, -0.25) is 4.52 Å². The fourth-order valence-electron chi connectivity index (χ4n) is 0.499. The zero-order valence-corrected chi connectivity index (χ0v) is 7.76. The molecule has 0 fully saturated rings. The average Bonchev–Trinajstić information content (AvgIpc) is 2.47. The minimum absolute atomic E-state index is 0.0872. The van der Waals surface area contributed by atoms with Gasteiger partial charge in [0.1, 0.15) is 6.61 Å². The maximum atomic E-state index is 5.54. The average molecular weight is 209 g/mol. The van der Waals surface area contributed by atoms with Gasteiger partial charge in [-0.25, -0.2) is 0 Å². The molecule has 12 heavy (non-hydrogen) atoms. The number of hydrogen-bond donors (Lipinski definition) is 0. The fourth-order valence-corrected chi connectivity index (χ4v) is 0.616. The predicted molar refractivity (Wildman–Crippen MR) is 44.3 cm³/mol. The number of ether oxygens (including phenoxy) is 1. The largest absolute Gasteiger partial charge is 0.443 e. The van der Waals surface area contributed by atoms with E-state index in [1.807, 2.05) is 0 Å². The van der Waals surface area contributed by atoms with Crippen molar-refractivity contribution in [3.63, 3.8) is 0 Å². The molecule has 0 spiro atoms. The Balaban J connectivity index is 2.43. The first kappa shape index (κ1) is 9.35. The van der Waals surface area contributed by atoms with Gasteiger partial charge in [0.15, 0.2) is 5.82 Å². The third-order valence-electron chi connectivity index (χ3n) is 0.961. The van der Waals surface area contributed by atoms with Crippen LogP contribution in [0.1, 0.15) is 5.82 Å². The van der Waals surface area contributed by atoms with Crippen molar-refractivity contribution < 1.29 is 9.26 Å². The molecule has 0 bridgehead atoms. The van der Waals surface area contributed by atoms with E-state index in [0.29, 0.717) is 10.9 Å². The third-order valence-corrected chi connectivity index (χ3v) is 1.55. The summed E-state index contributed by atoms with van der Waals surface area (Å²) in [6, 6.07) is 0. The molecule has 0 N–H and O–H groups in total. The molecule has 1 aromatic rings. The first-order chi connectivity index (χ1) is 5.72. The smallest absolute Gasteiger partial charge is 0.417 e. The second-order valence-corrected chi connectivity index (χ2v) is 2.66. The zero-order valence-electron chi connectivity index (χ0n) is 6.25. The van der Waals surface area contributed by atoms with Gasteiger partial charge in [0, 0.05) is 5.54 Å². The Morgan fingerprint density at radius 3 is 3.00 bits per heavy atom. The molecule has 0 saturated carbocycles. The lowest BCUT2D eigenvalue weighted by Crippen LogP contribution is -1.96. The summed E-state index contributed by atoms with van der Waals surface area (Å²) in [6.07, 6.45) is 0.0872. The van der Waals surface area contributed by atoms with Crippen molar-refractivity contribution in [1.29, 1.82) is 0 Å². The van der Waals surface area contributed by atoms with E-state index in [4.69, 9.17) is 27.9 Å². The molecule has 0 aliphatic heterocycles. The Hall–Kier alpha value is -0.740. The molecule has 0 amide bonds. The molecule has 1 heterocycles. The first-order valence-corrected chi connectivity index (χ1v) is 3.91. The summed E-state index contributed by atoms with van der Waals surface area (Å²) in [5.41, 5.74) is 1.21. The first-order valence-electron chi connectivity index (χ1n) is 3.10. The summed E-state index contributed by atoms with van der Waals surface area (Å²) in [4.78, 5) is 3.79. The van der Waals surface area contributed by atoms with Crippen LogP contribution in [-0.2, 0) is 0 Å². The molecule has 0 aliphatic rings. The molecule has 4 nitrogen and oxygen atoms in total. The number of halogens is 2. The Labute approximate surface area is 79.1 Å². The van der Waals surface area contributed by atoms with Gasteiger partial charge in [0.05, 0.1) is 5.03 Å². The van der Waals surface area contributed by atoms with Crippen LogP contribution in [0.15, 0.2) is 15.1 Å². The number of aryl methyl sites for hydroxylation is 1. The lowest BCUT2D eigenvalue weighted by Gasteiger charge is -1.95. The van der Waals surface area contributed by atoms with Crippen molar-refractivity contribution in [2.45, 2.75) is 6.92 Å². The van der Waals surface area contributed by atoms with E-state index < -0.39 is 0 Å². The second kappa shape index (κ2) is 4.33. The summed E-state index contributed by atoms with van der Waals surface area (Å²) in [6.45, 7) is 1.82. The minimum atomic E-state index is 0.0872. The molecule has 0 saturated heterocycles. The summed E-state index contributed by atoms with van der Waals surface area (Å²) in [5.74, 6) is 0.510. The number of hydrogen-bond acceptors (Lipinski definition) is 4. The van der Waals surface area contributed by atoms with Crippen LogP contribution < -0.4 is 4.74 Å². The van der Waals surface area contributed by atoms with Crippen LogP contribution in [0, 0.1) is 6.92 Å². The van der Waals surface area contributed by atoms with Crippen LogP contribution in [0.25, 0.3) is 0 Å². The highest BCUT2D eigenvalue weighted by Gasteiger charge is 2.03. The topological polar surface area (TPSA) is 48.2 Å². The van der Waals surface area contributed by atoms with Gasteiger partial charge in [-0.15, -0.1) is 0 Å². The predicted octanol–water partition coefficient (Wildman–Crippen LogP) is 2.08. The molecule has 66 valence electrons. The van der Waals surface area contributed by atoms with Gasteiger partial charge in [0.2, 0.25) is 0 Å². The Morgan fingerprint density at radius 2 is 2.50 bits per heavy atom. The SMILES string of the molecule is Cc1noc(OC/C(Cl)=C/Cl)n1. The Bertz CT molecular complexity index is 285. The summed E-state index contributed by atoms with van der Waals surface area (Å²) >= 11 is 10.8. The molecular formula is C6H6Cl2N2O2. The minimum Gasteiger partial charge on any atom is -0.443 e. The highest BCUT2D eigenvalue weighted by Crippen LogP contribution is 2.09. The van der Waals surface area contributed by atoms with Crippen molar-refractivity contribution >= 4 is 23.2 Å². The van der Waals surface area contributed by atoms with E-state index in [1.54, 1.807) is 6.92 Å². The standard InChI is InChI=1S/C6H6Cl2N2O2/c1-4-9-6(12-10-4)11-3-5(8)2-7/h2H,3H2,1H3/b5-2-. The van der Waals surface area contributed by atoms with Crippen LogP contribution in [0.5, 0.6) is 6.08 Å². The van der Waals surface area contributed by atoms with Crippen LogP contribution >= 0.6 is 23.2 Å². The molecule has 6 heteroatoms. The van der Waals surface area contributed by atoms with Crippen molar-refractivity contribution in [2.75, 3.05) is 6.61 Å². The summed E-state index contributed by atoms with van der Waals surface area (Å²) in [7, 11) is 0. The van der Waals surface area contributed by atoms with Crippen LogP contribution in [0.2, 0.25) is 0 Å². The van der Waals surface area contributed by atoms with E-state index in [1.165, 1.54) is 5.54 Å². The zero-order chi connectivity index (χ0) is 8.97. The third kappa shape index (κ3) is 2.71. The Kier molecular flexibility index (Phi) is 3.37. The molecule has 0 atom stereocenters. The van der Waals surface area contributed by atoms with E-state index in [9.17, 15) is 0 Å². The number of nitrogens with zero attached hydrogens (tertiary/aromatic N) is 2. The molecular weight excluding hydrogens is 203 g/mol. The van der Waals surface area contributed by atoms with Crippen LogP contribution in [0.3, 0.4) is 0 Å². The fraction of sp³-hybridized carbons (Fsp3) is 0.333. The van der Waals surface area contributed by atoms with Gasteiger partial charge < -0.3 is 4.74 Å². The second-order valence-electron chi connectivity index (χ2n) is 1.95. The van der Waals surface area contributed by atoms with Gasteiger partial charge in [-0.05, 0) is 6.92 Å². The molecule has 0 aliphatic carbocycles. The number of rotatable bonds is 3. The number of aromatic nitrogens is 2. The van der Waals surface area contributed by atoms with Gasteiger partial charge in [0.25, 0.3) is 0 Å². The molecule has 0 aromatic carbocycles. The van der Waals surface area contributed by atoms with Gasteiger partial charge in [-0.1, -0.05) is 28.4 Å². The quantitative estimate of drug-likeness (QED) is 0.764. The molecule has 0 unspecified atom stereocenters. The lowest BCUT2D eigenvalue weighted by molar-refractivity contribution is 0.224. The summed E-state index contributed by atoms with van der Waals surface area (Å²) < 4.78 is 9.60. The van der Waals surface area contributed by atoms with Crippen molar-refractivity contribution in [3.05, 3.63) is 16.4 Å². The summed E-state index contributed by atoms with van der Waals surface area (Å²) in [5, 5.41) is 3.88. The van der Waals surface area contributed by atoms with Crippen LogP contribution in [0.4, 0.5) is 0 Å². The maximum Gasteiger partial charge on any atom is 0.417 e. The van der Waals surface area contributed by atoms with Gasteiger partial charge in [-0.2, -0.15) is 4.98 Å². The normalized spacial score (nSPS) is 11.8. The highest BCUT2D eigenvalue weighted by atomic mass is 35.5. The van der Waals surface area contributed by atoms with Crippen LogP contribution in [-0.4, -0.2) is 16.7 Å².